The van der Waals surface area contributed by atoms with Crippen molar-refractivity contribution in [3.8, 4) is 0 Å². The first-order chi connectivity index (χ1) is 9.69. The lowest BCUT2D eigenvalue weighted by Crippen LogP contribution is -2.36. The van der Waals surface area contributed by atoms with E-state index < -0.39 is 0 Å². The molecule has 1 fully saturated rings. The van der Waals surface area contributed by atoms with Crippen molar-refractivity contribution < 1.29 is 4.79 Å². The summed E-state index contributed by atoms with van der Waals surface area (Å²) in [4.78, 5) is 14.2. The van der Waals surface area contributed by atoms with Gasteiger partial charge in [-0.2, -0.15) is 0 Å². The van der Waals surface area contributed by atoms with Crippen LogP contribution in [0.15, 0.2) is 28.7 Å². The predicted octanol–water partition coefficient (Wildman–Crippen LogP) is 2.46. The number of halogens is 1. The fourth-order valence-corrected chi connectivity index (χ4v) is 2.47. The smallest absolute Gasteiger partial charge is 0.238 e. The second-order valence-corrected chi connectivity index (χ2v) is 6.01. The van der Waals surface area contributed by atoms with Crippen molar-refractivity contribution in [3.63, 3.8) is 0 Å². The van der Waals surface area contributed by atoms with Crippen LogP contribution in [0.2, 0.25) is 0 Å². The van der Waals surface area contributed by atoms with Crippen LogP contribution >= 0.6 is 15.9 Å². The molecule has 110 valence electrons. The second kappa shape index (κ2) is 7.76. The Morgan fingerprint density at radius 3 is 2.65 bits per heavy atom. The quantitative estimate of drug-likeness (QED) is 0.715. The molecule has 1 aliphatic carbocycles. The summed E-state index contributed by atoms with van der Waals surface area (Å²) in [6.07, 6.45) is 2.66. The molecule has 1 aliphatic rings. The van der Waals surface area contributed by atoms with Crippen molar-refractivity contribution >= 4 is 27.5 Å². The minimum atomic E-state index is 0.00166. The van der Waals surface area contributed by atoms with Crippen molar-refractivity contribution in [2.45, 2.75) is 25.8 Å². The third-order valence-corrected chi connectivity index (χ3v) is 3.99. The number of nitrogens with zero attached hydrogens (tertiary/aromatic N) is 1. The van der Waals surface area contributed by atoms with Crippen molar-refractivity contribution in [1.29, 1.82) is 0 Å². The molecule has 0 unspecified atom stereocenters. The van der Waals surface area contributed by atoms with E-state index >= 15 is 0 Å². The molecule has 0 bridgehead atoms. The van der Waals surface area contributed by atoms with Crippen LogP contribution in [0.25, 0.3) is 0 Å². The van der Waals surface area contributed by atoms with Crippen LogP contribution in [0, 0.1) is 0 Å². The van der Waals surface area contributed by atoms with Gasteiger partial charge < -0.3 is 10.6 Å². The fraction of sp³-hybridized carbons (Fsp3) is 0.533. The number of amides is 1. The molecule has 4 nitrogen and oxygen atoms in total. The highest BCUT2D eigenvalue weighted by Gasteiger charge is 2.26. The molecule has 0 atom stereocenters. The highest BCUT2D eigenvalue weighted by Crippen LogP contribution is 2.25. The second-order valence-electron chi connectivity index (χ2n) is 5.09. The number of likely N-dealkylation sites (N-methyl/N-ethyl adjacent to an activating group) is 1. The van der Waals surface area contributed by atoms with Crippen LogP contribution in [-0.4, -0.2) is 43.0 Å². The van der Waals surface area contributed by atoms with Gasteiger partial charge in [-0.05, 0) is 43.7 Å². The third-order valence-electron chi connectivity index (χ3n) is 3.46. The largest absolute Gasteiger partial charge is 0.325 e. The van der Waals surface area contributed by atoms with Gasteiger partial charge in [0.05, 0.1) is 6.54 Å². The highest BCUT2D eigenvalue weighted by molar-refractivity contribution is 9.10. The average molecular weight is 340 g/mol. The minimum Gasteiger partial charge on any atom is -0.325 e. The molecule has 1 aromatic rings. The maximum absolute atomic E-state index is 11.8. The van der Waals surface area contributed by atoms with Crippen LogP contribution in [0.4, 0.5) is 5.69 Å². The van der Waals surface area contributed by atoms with Gasteiger partial charge >= 0.3 is 0 Å². The summed E-state index contributed by atoms with van der Waals surface area (Å²) in [7, 11) is 0. The van der Waals surface area contributed by atoms with E-state index in [1.54, 1.807) is 0 Å². The van der Waals surface area contributed by atoms with Gasteiger partial charge in [-0.15, -0.1) is 0 Å². The molecule has 2 N–H and O–H groups in total. The van der Waals surface area contributed by atoms with Crippen LogP contribution in [0.5, 0.6) is 0 Å². The molecule has 0 radical (unpaired) electrons. The molecule has 0 saturated heterocycles. The molecule has 1 aromatic carbocycles. The van der Waals surface area contributed by atoms with Crippen LogP contribution < -0.4 is 10.6 Å². The first kappa shape index (κ1) is 15.5. The Morgan fingerprint density at radius 1 is 1.35 bits per heavy atom. The first-order valence-electron chi connectivity index (χ1n) is 7.19. The number of carbonyl (C=O) groups is 1. The van der Waals surface area contributed by atoms with Gasteiger partial charge in [-0.3, -0.25) is 9.69 Å². The Kier molecular flexibility index (Phi) is 6.01. The number of anilines is 1. The first-order valence-corrected chi connectivity index (χ1v) is 7.98. The van der Waals surface area contributed by atoms with E-state index in [1.165, 1.54) is 12.8 Å². The Morgan fingerprint density at radius 2 is 2.05 bits per heavy atom. The van der Waals surface area contributed by atoms with Gasteiger partial charge in [-0.1, -0.05) is 22.9 Å². The van der Waals surface area contributed by atoms with E-state index in [0.29, 0.717) is 6.54 Å². The summed E-state index contributed by atoms with van der Waals surface area (Å²) < 4.78 is 1.01. The zero-order chi connectivity index (χ0) is 14.4. The molecule has 0 spiro atoms. The van der Waals surface area contributed by atoms with E-state index in [9.17, 15) is 4.79 Å². The van der Waals surface area contributed by atoms with Gasteiger partial charge in [0, 0.05) is 29.3 Å². The molecule has 1 saturated carbocycles. The highest BCUT2D eigenvalue weighted by atomic mass is 79.9. The molecule has 1 amide bonds. The molecule has 2 rings (SSSR count). The average Bonchev–Trinajstić information content (AvgIpc) is 3.26. The molecule has 20 heavy (non-hydrogen) atoms. The monoisotopic (exact) mass is 339 g/mol. The topological polar surface area (TPSA) is 44.4 Å². The normalized spacial score (nSPS) is 14.6. The number of nitrogens with one attached hydrogen (secondary N) is 2. The van der Waals surface area contributed by atoms with Crippen molar-refractivity contribution in [2.75, 3.05) is 31.5 Å². The van der Waals surface area contributed by atoms with E-state index in [2.05, 4.69) is 38.4 Å². The Hall–Kier alpha value is -0.910. The lowest BCUT2D eigenvalue weighted by atomic mass is 10.3. The van der Waals surface area contributed by atoms with Crippen LogP contribution in [-0.2, 0) is 4.79 Å². The van der Waals surface area contributed by atoms with Gasteiger partial charge in [-0.25, -0.2) is 0 Å². The van der Waals surface area contributed by atoms with E-state index in [4.69, 9.17) is 0 Å². The number of hydrogen-bond acceptors (Lipinski definition) is 3. The van der Waals surface area contributed by atoms with E-state index in [-0.39, 0.29) is 5.91 Å². The van der Waals surface area contributed by atoms with Crippen molar-refractivity contribution in [2.24, 2.45) is 0 Å². The Balaban J connectivity index is 1.61. The number of rotatable bonds is 8. The Labute approximate surface area is 129 Å². The zero-order valence-electron chi connectivity index (χ0n) is 11.9. The predicted molar refractivity (Wildman–Crippen MR) is 85.9 cm³/mol. The number of carbonyl (C=O) groups excluding carboxylic acids is 1. The fourth-order valence-electron chi connectivity index (χ4n) is 2.20. The maximum atomic E-state index is 11.8. The standard InChI is InChI=1S/C15H22BrN3O/c1-2-19(14-7-8-14)10-9-17-11-15(20)18-13-5-3-12(16)4-6-13/h3-6,14,17H,2,7-11H2,1H3,(H,18,20). The van der Waals surface area contributed by atoms with Crippen LogP contribution in [0.3, 0.4) is 0 Å². The number of benzene rings is 1. The molecular formula is C15H22BrN3O. The third kappa shape index (κ3) is 5.23. The summed E-state index contributed by atoms with van der Waals surface area (Å²) in [5.74, 6) is 0.00166. The van der Waals surface area contributed by atoms with Gasteiger partial charge in [0.25, 0.3) is 0 Å². The number of hydrogen-bond donors (Lipinski definition) is 2. The van der Waals surface area contributed by atoms with Crippen LogP contribution in [0.1, 0.15) is 19.8 Å². The van der Waals surface area contributed by atoms with Gasteiger partial charge in [0.2, 0.25) is 5.91 Å². The summed E-state index contributed by atoms with van der Waals surface area (Å²) in [5, 5.41) is 6.07. The summed E-state index contributed by atoms with van der Waals surface area (Å²) in [6.45, 7) is 5.53. The summed E-state index contributed by atoms with van der Waals surface area (Å²) in [6, 6.07) is 8.38. The van der Waals surface area contributed by atoms with Gasteiger partial charge in [0.15, 0.2) is 0 Å². The summed E-state index contributed by atoms with van der Waals surface area (Å²) >= 11 is 3.37. The van der Waals surface area contributed by atoms with Crippen molar-refractivity contribution in [1.82, 2.24) is 10.2 Å². The maximum Gasteiger partial charge on any atom is 0.238 e. The molecule has 0 aliphatic heterocycles. The van der Waals surface area contributed by atoms with E-state index in [0.717, 1.165) is 35.8 Å². The SMILES string of the molecule is CCN(CCNCC(=O)Nc1ccc(Br)cc1)C1CC1. The summed E-state index contributed by atoms with van der Waals surface area (Å²) in [5.41, 5.74) is 0.827. The lowest BCUT2D eigenvalue weighted by molar-refractivity contribution is -0.115. The molecule has 0 heterocycles. The molecular weight excluding hydrogens is 318 g/mol. The lowest BCUT2D eigenvalue weighted by Gasteiger charge is -2.19. The molecule has 0 aromatic heterocycles. The van der Waals surface area contributed by atoms with Gasteiger partial charge in [0.1, 0.15) is 0 Å². The minimum absolute atomic E-state index is 0.00166. The van der Waals surface area contributed by atoms with E-state index in [1.807, 2.05) is 24.3 Å². The molecule has 5 heteroatoms. The Bertz CT molecular complexity index is 431. The zero-order valence-corrected chi connectivity index (χ0v) is 13.4. The van der Waals surface area contributed by atoms with Crippen molar-refractivity contribution in [3.05, 3.63) is 28.7 Å².